The minimum absolute atomic E-state index is 0.0238. The van der Waals surface area contributed by atoms with Gasteiger partial charge in [-0.1, -0.05) is 23.7 Å². The summed E-state index contributed by atoms with van der Waals surface area (Å²) in [5.41, 5.74) is 2.53. The Morgan fingerprint density at radius 2 is 1.88 bits per heavy atom. The first-order valence-electron chi connectivity index (χ1n) is 15.3. The standard InChI is InChI=1S/C35H29ClF3N5O5/c1-34(33(40)46)16-49-31-23(34)12-28(42-30(31)22-11-24(36)26(39)13-25(22)38)35(47,19-3-5-20(37)6-4-19)15-41-32(45)17-9-18-14-44(21-7-8-21)43-29(18)27(10-17)48-2/h3-6,9-14,21,47H,7-8,15-16H2,1-2H3,(H2,40,46)(H,41,45)/t34-,35+/m0/s1. The van der Waals surface area contributed by atoms with Crippen molar-refractivity contribution in [2.75, 3.05) is 20.3 Å². The lowest BCUT2D eigenvalue weighted by Crippen LogP contribution is -2.43. The van der Waals surface area contributed by atoms with Crippen molar-refractivity contribution >= 4 is 34.3 Å². The van der Waals surface area contributed by atoms with Crippen molar-refractivity contribution in [3.05, 3.63) is 106 Å². The predicted molar refractivity (Wildman–Crippen MR) is 173 cm³/mol. The summed E-state index contributed by atoms with van der Waals surface area (Å²) in [4.78, 5) is 31.0. The Morgan fingerprint density at radius 1 is 1.14 bits per heavy atom. The zero-order valence-electron chi connectivity index (χ0n) is 26.2. The minimum Gasteiger partial charge on any atom is -0.494 e. The molecule has 2 amide bonds. The topological polar surface area (TPSA) is 142 Å². The third-order valence-electron chi connectivity index (χ3n) is 9.13. The molecule has 0 bridgehead atoms. The van der Waals surface area contributed by atoms with Crippen molar-refractivity contribution in [2.45, 2.75) is 36.8 Å². The minimum atomic E-state index is -2.21. The molecule has 252 valence electrons. The average Bonchev–Trinajstić information content (AvgIpc) is 3.75. The second-order valence-corrected chi connectivity index (χ2v) is 12.9. The summed E-state index contributed by atoms with van der Waals surface area (Å²) in [6.45, 7) is 0.751. The van der Waals surface area contributed by atoms with Crippen LogP contribution in [-0.4, -0.2) is 51.9 Å². The number of halogens is 4. The Labute approximate surface area is 282 Å². The number of fused-ring (bicyclic) bond motifs is 2. The van der Waals surface area contributed by atoms with Crippen LogP contribution < -0.4 is 20.5 Å². The molecule has 0 radical (unpaired) electrons. The number of aliphatic hydroxyl groups is 1. The van der Waals surface area contributed by atoms with Crippen molar-refractivity contribution in [2.24, 2.45) is 5.73 Å². The zero-order valence-corrected chi connectivity index (χ0v) is 26.9. The van der Waals surface area contributed by atoms with Crippen LogP contribution in [0.4, 0.5) is 13.2 Å². The van der Waals surface area contributed by atoms with E-state index >= 15 is 4.39 Å². The number of hydrogen-bond donors (Lipinski definition) is 3. The smallest absolute Gasteiger partial charge is 0.251 e. The molecule has 0 spiro atoms. The molecule has 3 aromatic carbocycles. The van der Waals surface area contributed by atoms with E-state index in [-0.39, 0.29) is 46.0 Å². The Morgan fingerprint density at radius 3 is 2.55 bits per heavy atom. The van der Waals surface area contributed by atoms with Gasteiger partial charge in [0, 0.05) is 34.3 Å². The molecular weight excluding hydrogens is 663 g/mol. The zero-order chi connectivity index (χ0) is 34.8. The Hall–Kier alpha value is -5.14. The van der Waals surface area contributed by atoms with E-state index in [0.717, 1.165) is 31.0 Å². The summed E-state index contributed by atoms with van der Waals surface area (Å²) in [5.74, 6) is -3.67. The number of methoxy groups -OCH3 is 1. The average molecular weight is 692 g/mol. The summed E-state index contributed by atoms with van der Waals surface area (Å²) >= 11 is 6.02. The second-order valence-electron chi connectivity index (χ2n) is 12.5. The van der Waals surface area contributed by atoms with Crippen molar-refractivity contribution in [1.82, 2.24) is 20.1 Å². The lowest BCUT2D eigenvalue weighted by atomic mass is 9.80. The summed E-state index contributed by atoms with van der Waals surface area (Å²) in [5, 5.41) is 20.1. The number of nitrogens with one attached hydrogen (secondary N) is 1. The van der Waals surface area contributed by atoms with Gasteiger partial charge in [-0.25, -0.2) is 18.2 Å². The van der Waals surface area contributed by atoms with Gasteiger partial charge in [0.15, 0.2) is 0 Å². The molecule has 2 aliphatic rings. The van der Waals surface area contributed by atoms with Crippen LogP contribution in [-0.2, 0) is 15.8 Å². The number of hydrogen-bond acceptors (Lipinski definition) is 7. The number of primary amides is 1. The lowest BCUT2D eigenvalue weighted by Gasteiger charge is -2.30. The van der Waals surface area contributed by atoms with Gasteiger partial charge in [0.25, 0.3) is 5.91 Å². The number of aromatic nitrogens is 3. The van der Waals surface area contributed by atoms with Gasteiger partial charge in [0.2, 0.25) is 5.91 Å². The number of amides is 2. The molecule has 3 heterocycles. The van der Waals surface area contributed by atoms with Gasteiger partial charge < -0.3 is 25.6 Å². The van der Waals surface area contributed by atoms with E-state index in [0.29, 0.717) is 28.8 Å². The van der Waals surface area contributed by atoms with E-state index in [4.69, 9.17) is 26.8 Å². The van der Waals surface area contributed by atoms with E-state index in [9.17, 15) is 23.5 Å². The molecule has 0 saturated heterocycles. The first-order valence-corrected chi connectivity index (χ1v) is 15.7. The number of benzene rings is 3. The molecule has 2 aromatic heterocycles. The second kappa shape index (κ2) is 11.8. The van der Waals surface area contributed by atoms with Gasteiger partial charge in [-0.2, -0.15) is 5.10 Å². The van der Waals surface area contributed by atoms with Crippen LogP contribution in [0.25, 0.3) is 22.2 Å². The summed E-state index contributed by atoms with van der Waals surface area (Å²) in [6.07, 6.45) is 3.86. The van der Waals surface area contributed by atoms with E-state index in [2.05, 4.69) is 15.4 Å². The van der Waals surface area contributed by atoms with Crippen molar-refractivity contribution in [1.29, 1.82) is 0 Å². The highest BCUT2D eigenvalue weighted by atomic mass is 35.5. The molecule has 5 aromatic rings. The third-order valence-corrected chi connectivity index (χ3v) is 9.42. The van der Waals surface area contributed by atoms with Gasteiger partial charge in [-0.15, -0.1) is 0 Å². The molecule has 4 N–H and O–H groups in total. The molecule has 1 aliphatic carbocycles. The highest BCUT2D eigenvalue weighted by Gasteiger charge is 2.46. The van der Waals surface area contributed by atoms with Crippen LogP contribution in [0.2, 0.25) is 5.02 Å². The number of carbonyl (C=O) groups excluding carboxylic acids is 2. The predicted octanol–water partition coefficient (Wildman–Crippen LogP) is 5.31. The maximum Gasteiger partial charge on any atom is 0.251 e. The number of nitrogens with two attached hydrogens (primary N) is 1. The van der Waals surface area contributed by atoms with Crippen molar-refractivity contribution in [3.8, 4) is 22.8 Å². The first-order chi connectivity index (χ1) is 23.3. The Balaban J connectivity index is 1.35. The monoisotopic (exact) mass is 691 g/mol. The largest absolute Gasteiger partial charge is 0.494 e. The van der Waals surface area contributed by atoms with E-state index < -0.39 is 51.8 Å². The fraction of sp³-hybridized carbons (Fsp3) is 0.257. The quantitative estimate of drug-likeness (QED) is 0.178. The Bertz CT molecular complexity index is 2170. The fourth-order valence-electron chi connectivity index (χ4n) is 6.00. The van der Waals surface area contributed by atoms with Gasteiger partial charge in [-0.05, 0) is 61.7 Å². The highest BCUT2D eigenvalue weighted by molar-refractivity contribution is 6.31. The van der Waals surface area contributed by atoms with Crippen LogP contribution in [0.1, 0.15) is 53.0 Å². The van der Waals surface area contributed by atoms with E-state index in [1.165, 1.54) is 38.3 Å². The molecule has 49 heavy (non-hydrogen) atoms. The molecule has 1 saturated carbocycles. The summed E-state index contributed by atoms with van der Waals surface area (Å²) in [7, 11) is 1.47. The number of pyridine rings is 1. The molecular formula is C35H29ClF3N5O5. The summed E-state index contributed by atoms with van der Waals surface area (Å²) < 4.78 is 56.8. The normalized spacial score (nSPS) is 18.1. The molecule has 1 aliphatic heterocycles. The number of carbonyl (C=O) groups is 2. The number of ether oxygens (including phenoxy) is 2. The lowest BCUT2D eigenvalue weighted by molar-refractivity contribution is -0.123. The third kappa shape index (κ3) is 5.52. The van der Waals surface area contributed by atoms with Crippen LogP contribution in [0.15, 0.2) is 60.8 Å². The van der Waals surface area contributed by atoms with Crippen molar-refractivity contribution in [3.63, 3.8) is 0 Å². The maximum absolute atomic E-state index is 15.3. The maximum atomic E-state index is 15.3. The van der Waals surface area contributed by atoms with Gasteiger partial charge in [0.1, 0.15) is 57.8 Å². The van der Waals surface area contributed by atoms with Crippen molar-refractivity contribution < 1.29 is 37.3 Å². The van der Waals surface area contributed by atoms with Crippen LogP contribution >= 0.6 is 11.6 Å². The molecule has 1 fully saturated rings. The first kappa shape index (κ1) is 32.4. The highest BCUT2D eigenvalue weighted by Crippen LogP contribution is 2.47. The van der Waals surface area contributed by atoms with Crippen LogP contribution in [0.5, 0.6) is 11.5 Å². The van der Waals surface area contributed by atoms with Gasteiger partial charge >= 0.3 is 0 Å². The number of rotatable bonds is 9. The SMILES string of the molecule is COc1cc(C(=O)NC[C@@](O)(c2ccc(F)cc2)c2cc3c(c(-c4cc(Cl)c(F)cc4F)n2)OC[C@]3(C)C(N)=O)cc2cn(C3CC3)nc12. The molecule has 10 nitrogen and oxygen atoms in total. The molecule has 0 unspecified atom stereocenters. The molecule has 14 heteroatoms. The fourth-order valence-corrected chi connectivity index (χ4v) is 6.16. The Kier molecular flexibility index (Phi) is 7.79. The van der Waals surface area contributed by atoms with E-state index in [1.807, 2.05) is 10.9 Å². The van der Waals surface area contributed by atoms with E-state index in [1.54, 1.807) is 6.07 Å². The van der Waals surface area contributed by atoms with Crippen LogP contribution in [0.3, 0.4) is 0 Å². The molecule has 7 rings (SSSR count). The van der Waals surface area contributed by atoms with Crippen LogP contribution in [0, 0.1) is 17.5 Å². The van der Waals surface area contributed by atoms with Gasteiger partial charge in [-0.3, -0.25) is 14.3 Å². The molecule has 2 atom stereocenters. The van der Waals surface area contributed by atoms with Gasteiger partial charge in [0.05, 0.1) is 30.4 Å². The summed E-state index contributed by atoms with van der Waals surface area (Å²) in [6, 6.07) is 11.3. The number of nitrogens with zero attached hydrogens (tertiary/aromatic N) is 3.